The number of rotatable bonds is 0. The van der Waals surface area contributed by atoms with Gasteiger partial charge < -0.3 is 4.74 Å². The van der Waals surface area contributed by atoms with Crippen molar-refractivity contribution in [2.75, 3.05) is 0 Å². The third kappa shape index (κ3) is 0.735. The number of amides is 2. The van der Waals surface area contributed by atoms with Crippen LogP contribution in [0.25, 0.3) is 0 Å². The van der Waals surface area contributed by atoms with Gasteiger partial charge in [-0.3, -0.25) is 14.8 Å². The smallest absolute Gasteiger partial charge is 0.284 e. The van der Waals surface area contributed by atoms with Crippen LogP contribution in [-0.4, -0.2) is 33.3 Å². The van der Waals surface area contributed by atoms with Gasteiger partial charge in [0.1, 0.15) is 11.2 Å². The average Bonchev–Trinajstić information content (AvgIpc) is 2.67. The largest absolute Gasteiger partial charge is 0.351 e. The number of hydroxylamine groups is 2. The molecule has 3 rings (SSSR count). The first-order valence-electron chi connectivity index (χ1n) is 4.62. The molecule has 0 aromatic carbocycles. The number of carbonyl (C=O) groups is 2. The van der Waals surface area contributed by atoms with Gasteiger partial charge in [-0.2, -0.15) is 0 Å². The molecule has 0 saturated heterocycles. The van der Waals surface area contributed by atoms with Crippen molar-refractivity contribution in [2.45, 2.75) is 25.0 Å². The van der Waals surface area contributed by atoms with Gasteiger partial charge in [-0.25, -0.2) is 0 Å². The van der Waals surface area contributed by atoms with Crippen LogP contribution in [-0.2, 0) is 14.3 Å². The van der Waals surface area contributed by atoms with Gasteiger partial charge in [-0.15, -0.1) is 5.06 Å². The Morgan fingerprint density at radius 1 is 1.13 bits per heavy atom. The average molecular weight is 207 g/mol. The summed E-state index contributed by atoms with van der Waals surface area (Å²) in [5.41, 5.74) is -1.21. The zero-order chi connectivity index (χ0) is 11.0. The number of hydrogen-bond acceptors (Lipinski definition) is 4. The van der Waals surface area contributed by atoms with E-state index in [2.05, 4.69) is 0 Å². The molecule has 2 atom stereocenters. The lowest BCUT2D eigenvalue weighted by atomic mass is 9.85. The van der Waals surface area contributed by atoms with Crippen LogP contribution in [0, 0.1) is 0 Å². The molecular weight excluding hydrogens is 198 g/mol. The quantitative estimate of drug-likeness (QED) is 0.349. The van der Waals surface area contributed by atoms with Crippen molar-refractivity contribution in [3.8, 4) is 0 Å². The summed E-state index contributed by atoms with van der Waals surface area (Å²) in [4.78, 5) is 23.2. The van der Waals surface area contributed by atoms with Crippen molar-refractivity contribution >= 4 is 11.8 Å². The highest BCUT2D eigenvalue weighted by Crippen LogP contribution is 2.52. The highest BCUT2D eigenvalue weighted by molar-refractivity contribution is 6.21. The fourth-order valence-electron chi connectivity index (χ4n) is 2.53. The first kappa shape index (κ1) is 8.82. The van der Waals surface area contributed by atoms with Crippen LogP contribution in [0.2, 0.25) is 0 Å². The van der Waals surface area contributed by atoms with Gasteiger partial charge in [0, 0.05) is 0 Å². The number of imide groups is 1. The van der Waals surface area contributed by atoms with Gasteiger partial charge in [-0.05, 0) is 26.0 Å². The molecule has 3 aliphatic rings. The number of nitrogens with zero attached hydrogens (tertiary/aromatic N) is 1. The van der Waals surface area contributed by atoms with Gasteiger partial charge >= 0.3 is 0 Å². The Balaban J connectivity index is 2.28. The second-order valence-electron chi connectivity index (χ2n) is 4.32. The molecule has 5 heteroatoms. The van der Waals surface area contributed by atoms with Crippen LogP contribution < -0.4 is 0 Å². The molecule has 0 aromatic heterocycles. The van der Waals surface area contributed by atoms with Crippen molar-refractivity contribution in [2.24, 2.45) is 0 Å². The summed E-state index contributed by atoms with van der Waals surface area (Å²) in [5.74, 6) is -1.35. The second-order valence-corrected chi connectivity index (χ2v) is 4.32. The van der Waals surface area contributed by atoms with Gasteiger partial charge in [0.25, 0.3) is 11.8 Å². The Bertz CT molecular complexity index is 438. The van der Waals surface area contributed by atoms with E-state index in [1.807, 2.05) is 0 Å². The summed E-state index contributed by atoms with van der Waals surface area (Å²) in [6.07, 6.45) is 3.49. The third-order valence-corrected chi connectivity index (χ3v) is 3.20. The van der Waals surface area contributed by atoms with Crippen LogP contribution in [0.15, 0.2) is 23.3 Å². The van der Waals surface area contributed by atoms with Crippen LogP contribution in [0.3, 0.4) is 0 Å². The lowest BCUT2D eigenvalue weighted by Crippen LogP contribution is -2.38. The molecule has 2 unspecified atom stereocenters. The van der Waals surface area contributed by atoms with Crippen LogP contribution in [0.4, 0.5) is 0 Å². The van der Waals surface area contributed by atoms with Crippen LogP contribution >= 0.6 is 0 Å². The van der Waals surface area contributed by atoms with E-state index in [9.17, 15) is 14.8 Å². The summed E-state index contributed by atoms with van der Waals surface area (Å²) >= 11 is 0. The Labute approximate surface area is 85.6 Å². The molecule has 3 heterocycles. The van der Waals surface area contributed by atoms with Crippen LogP contribution in [0.1, 0.15) is 13.8 Å². The maximum Gasteiger partial charge on any atom is 0.284 e. The molecule has 15 heavy (non-hydrogen) atoms. The lowest BCUT2D eigenvalue weighted by Gasteiger charge is -2.24. The molecular formula is C10H9NO4. The predicted molar refractivity (Wildman–Crippen MR) is 47.7 cm³/mol. The molecule has 2 amide bonds. The number of carbonyl (C=O) groups excluding carboxylic acids is 2. The fraction of sp³-hybridized carbons (Fsp3) is 0.400. The van der Waals surface area contributed by atoms with E-state index in [0.717, 1.165) is 0 Å². The molecule has 5 nitrogen and oxygen atoms in total. The highest BCUT2D eigenvalue weighted by Gasteiger charge is 2.62. The van der Waals surface area contributed by atoms with E-state index in [1.54, 1.807) is 26.0 Å². The summed E-state index contributed by atoms with van der Waals surface area (Å²) in [6.45, 7) is 3.42. The zero-order valence-electron chi connectivity index (χ0n) is 8.27. The summed E-state index contributed by atoms with van der Waals surface area (Å²) in [6, 6.07) is 0. The van der Waals surface area contributed by atoms with E-state index < -0.39 is 23.0 Å². The van der Waals surface area contributed by atoms with Crippen molar-refractivity contribution in [3.05, 3.63) is 23.3 Å². The van der Waals surface area contributed by atoms with Crippen molar-refractivity contribution in [3.63, 3.8) is 0 Å². The maximum absolute atomic E-state index is 11.6. The van der Waals surface area contributed by atoms with Crippen LogP contribution in [0.5, 0.6) is 0 Å². The lowest BCUT2D eigenvalue weighted by molar-refractivity contribution is -0.173. The van der Waals surface area contributed by atoms with Crippen molar-refractivity contribution < 1.29 is 19.5 Å². The van der Waals surface area contributed by atoms with Crippen molar-refractivity contribution in [1.82, 2.24) is 5.06 Å². The number of ether oxygens (including phenoxy) is 1. The van der Waals surface area contributed by atoms with Crippen molar-refractivity contribution in [1.29, 1.82) is 0 Å². The Kier molecular flexibility index (Phi) is 1.21. The minimum absolute atomic E-state index is 0.163. The Morgan fingerprint density at radius 2 is 1.53 bits per heavy atom. The molecule has 2 bridgehead atoms. The van der Waals surface area contributed by atoms with E-state index in [0.29, 0.717) is 0 Å². The van der Waals surface area contributed by atoms with E-state index in [1.165, 1.54) is 0 Å². The van der Waals surface area contributed by atoms with Gasteiger partial charge in [0.15, 0.2) is 0 Å². The first-order valence-corrected chi connectivity index (χ1v) is 4.62. The summed E-state index contributed by atoms with van der Waals surface area (Å²) < 4.78 is 5.64. The predicted octanol–water partition coefficient (Wildman–Crippen LogP) is 0.158. The molecule has 0 saturated carbocycles. The second kappa shape index (κ2) is 2.05. The van der Waals surface area contributed by atoms with E-state index in [4.69, 9.17) is 4.74 Å². The molecule has 0 aromatic rings. The highest BCUT2D eigenvalue weighted by atomic mass is 16.6. The van der Waals surface area contributed by atoms with E-state index in [-0.39, 0.29) is 16.2 Å². The summed E-state index contributed by atoms with van der Waals surface area (Å²) in [7, 11) is 0. The van der Waals surface area contributed by atoms with E-state index >= 15 is 0 Å². The zero-order valence-corrected chi connectivity index (χ0v) is 8.27. The molecule has 0 spiro atoms. The normalized spacial score (nSPS) is 42.2. The minimum Gasteiger partial charge on any atom is -0.351 e. The Hall–Kier alpha value is -1.46. The molecule has 3 aliphatic heterocycles. The fourth-order valence-corrected chi connectivity index (χ4v) is 2.53. The molecule has 0 aliphatic carbocycles. The number of hydrogen-bond donors (Lipinski definition) is 1. The standard InChI is InChI=1S/C10H9NO4/c1-9-3-4-10(2,15-9)6-5(9)7(12)11(14)8(6)13/h3-4,14H,1-2H3. The topological polar surface area (TPSA) is 66.8 Å². The van der Waals surface area contributed by atoms with Gasteiger partial charge in [0.05, 0.1) is 11.1 Å². The SMILES string of the molecule is CC12C=CC(C)(O1)C1=C2C(=O)N(O)C1=O. The molecule has 0 radical (unpaired) electrons. The minimum atomic E-state index is -0.867. The Morgan fingerprint density at radius 3 is 1.93 bits per heavy atom. The third-order valence-electron chi connectivity index (χ3n) is 3.20. The number of fused-ring (bicyclic) bond motifs is 4. The maximum atomic E-state index is 11.6. The molecule has 0 fully saturated rings. The van der Waals surface area contributed by atoms with Gasteiger partial charge in [-0.1, -0.05) is 0 Å². The summed E-state index contributed by atoms with van der Waals surface area (Å²) in [5, 5.41) is 9.44. The van der Waals surface area contributed by atoms with Gasteiger partial charge in [0.2, 0.25) is 0 Å². The first-order chi connectivity index (χ1) is 6.89. The molecule has 78 valence electrons. The monoisotopic (exact) mass is 207 g/mol. The molecule has 1 N–H and O–H groups in total.